The highest BCUT2D eigenvalue weighted by Gasteiger charge is 2.35. The minimum atomic E-state index is -1.12. The highest BCUT2D eigenvalue weighted by atomic mass is 32.1. The van der Waals surface area contributed by atoms with Gasteiger partial charge in [-0.05, 0) is 36.4 Å². The van der Waals surface area contributed by atoms with Crippen LogP contribution in [0.1, 0.15) is 58.9 Å². The number of carbonyl (C=O) groups is 2. The normalized spacial score (nSPS) is 14.9. The Kier molecular flexibility index (Phi) is 7.95. The van der Waals surface area contributed by atoms with Crippen molar-refractivity contribution in [1.29, 1.82) is 0 Å². The minimum absolute atomic E-state index is 0.0282. The average Bonchev–Trinajstić information content (AvgIpc) is 3.40. The van der Waals surface area contributed by atoms with Crippen LogP contribution < -0.4 is 10.1 Å². The summed E-state index contributed by atoms with van der Waals surface area (Å²) >= 11 is 1.30. The van der Waals surface area contributed by atoms with Gasteiger partial charge in [0.1, 0.15) is 17.6 Å². The standard InChI is InChI=1S/C27H29FN2O3S/c1-33-23-15-8-5-10-19(23)18-30(27(32)24-16-9-17-34-24)25(21-13-6-7-14-22(21)28)26(31)29-20-11-3-2-4-12-20/h5-10,13-17,20,25H,2-4,11-12,18H2,1H3,(H,29,31)/t25-/m0/s1. The Morgan fingerprint density at radius 2 is 1.79 bits per heavy atom. The number of nitrogens with one attached hydrogen (secondary N) is 1. The summed E-state index contributed by atoms with van der Waals surface area (Å²) in [5.74, 6) is -0.605. The van der Waals surface area contributed by atoms with Gasteiger partial charge in [0.05, 0.1) is 18.5 Å². The molecule has 0 saturated heterocycles. The van der Waals surface area contributed by atoms with Crippen LogP contribution in [0, 0.1) is 5.82 Å². The fourth-order valence-electron chi connectivity index (χ4n) is 4.51. The van der Waals surface area contributed by atoms with Gasteiger partial charge in [0.2, 0.25) is 5.91 Å². The molecule has 1 aliphatic carbocycles. The van der Waals surface area contributed by atoms with E-state index in [1.165, 1.54) is 22.3 Å². The maximum absolute atomic E-state index is 15.1. The fraction of sp³-hybridized carbons (Fsp3) is 0.333. The van der Waals surface area contributed by atoms with Crippen LogP contribution in [0.25, 0.3) is 0 Å². The molecule has 1 aliphatic rings. The Balaban J connectivity index is 1.77. The van der Waals surface area contributed by atoms with Crippen LogP contribution in [-0.4, -0.2) is 29.9 Å². The summed E-state index contributed by atoms with van der Waals surface area (Å²) in [6.07, 6.45) is 5.03. The molecule has 1 atom stereocenters. The molecule has 34 heavy (non-hydrogen) atoms. The van der Waals surface area contributed by atoms with Gasteiger partial charge in [-0.1, -0.05) is 61.7 Å². The number of ether oxygens (including phenoxy) is 1. The van der Waals surface area contributed by atoms with E-state index in [-0.39, 0.29) is 30.0 Å². The Labute approximate surface area is 203 Å². The lowest BCUT2D eigenvalue weighted by Crippen LogP contribution is -2.47. The molecule has 4 rings (SSSR count). The van der Waals surface area contributed by atoms with E-state index in [0.29, 0.717) is 10.6 Å². The van der Waals surface area contributed by atoms with Gasteiger partial charge in [0, 0.05) is 17.2 Å². The molecule has 5 nitrogen and oxygen atoms in total. The molecular weight excluding hydrogens is 451 g/mol. The Hall–Kier alpha value is -3.19. The van der Waals surface area contributed by atoms with Gasteiger partial charge in [-0.2, -0.15) is 0 Å². The van der Waals surface area contributed by atoms with Crippen LogP contribution in [-0.2, 0) is 11.3 Å². The van der Waals surface area contributed by atoms with Crippen molar-refractivity contribution in [2.24, 2.45) is 0 Å². The number of methoxy groups -OCH3 is 1. The maximum atomic E-state index is 15.1. The van der Waals surface area contributed by atoms with Crippen molar-refractivity contribution in [2.75, 3.05) is 7.11 Å². The second-order valence-corrected chi connectivity index (χ2v) is 9.44. The first kappa shape index (κ1) is 24.0. The van der Waals surface area contributed by atoms with Crippen molar-refractivity contribution >= 4 is 23.2 Å². The molecule has 0 radical (unpaired) electrons. The van der Waals surface area contributed by atoms with Crippen LogP contribution >= 0.6 is 11.3 Å². The third-order valence-corrected chi connectivity index (χ3v) is 7.10. The van der Waals surface area contributed by atoms with E-state index in [1.807, 2.05) is 29.6 Å². The third-order valence-electron chi connectivity index (χ3n) is 6.24. The van der Waals surface area contributed by atoms with E-state index in [2.05, 4.69) is 5.32 Å². The number of amides is 2. The Morgan fingerprint density at radius 3 is 2.50 bits per heavy atom. The van der Waals surface area contributed by atoms with Crippen molar-refractivity contribution in [2.45, 2.75) is 50.7 Å². The van der Waals surface area contributed by atoms with Gasteiger partial charge in [-0.3, -0.25) is 9.59 Å². The molecular formula is C27H29FN2O3S. The van der Waals surface area contributed by atoms with E-state index in [4.69, 9.17) is 4.74 Å². The highest BCUT2D eigenvalue weighted by Crippen LogP contribution is 2.31. The highest BCUT2D eigenvalue weighted by molar-refractivity contribution is 7.12. The summed E-state index contributed by atoms with van der Waals surface area (Å²) in [5.41, 5.74) is 0.914. The molecule has 1 heterocycles. The molecule has 178 valence electrons. The van der Waals surface area contributed by atoms with E-state index >= 15 is 4.39 Å². The van der Waals surface area contributed by atoms with E-state index in [9.17, 15) is 9.59 Å². The van der Waals surface area contributed by atoms with Gasteiger partial charge in [0.15, 0.2) is 0 Å². The SMILES string of the molecule is COc1ccccc1CN(C(=O)c1cccs1)[C@H](C(=O)NC1CCCCC1)c1ccccc1F. The monoisotopic (exact) mass is 480 g/mol. The number of nitrogens with zero attached hydrogens (tertiary/aromatic N) is 1. The second kappa shape index (κ2) is 11.3. The second-order valence-electron chi connectivity index (χ2n) is 8.49. The van der Waals surface area contributed by atoms with Gasteiger partial charge < -0.3 is 15.0 Å². The molecule has 1 saturated carbocycles. The Bertz CT molecular complexity index is 1110. The first-order valence-electron chi connectivity index (χ1n) is 11.6. The maximum Gasteiger partial charge on any atom is 0.265 e. The molecule has 1 fully saturated rings. The minimum Gasteiger partial charge on any atom is -0.496 e. The van der Waals surface area contributed by atoms with Crippen molar-refractivity contribution in [1.82, 2.24) is 10.2 Å². The predicted octanol–water partition coefficient (Wildman–Crippen LogP) is 5.73. The molecule has 0 bridgehead atoms. The fourth-order valence-corrected chi connectivity index (χ4v) is 5.19. The zero-order valence-corrected chi connectivity index (χ0v) is 20.0. The van der Waals surface area contributed by atoms with Gasteiger partial charge in [-0.15, -0.1) is 11.3 Å². The lowest BCUT2D eigenvalue weighted by molar-refractivity contribution is -0.127. The number of para-hydroxylation sites is 1. The molecule has 0 spiro atoms. The topological polar surface area (TPSA) is 58.6 Å². The molecule has 0 aliphatic heterocycles. The zero-order valence-electron chi connectivity index (χ0n) is 19.2. The number of rotatable bonds is 8. The van der Waals surface area contributed by atoms with Gasteiger partial charge in [-0.25, -0.2) is 4.39 Å². The molecule has 2 amide bonds. The molecule has 2 aromatic carbocycles. The summed E-state index contributed by atoms with van der Waals surface area (Å²) in [5, 5.41) is 4.93. The quantitative estimate of drug-likeness (QED) is 0.448. The lowest BCUT2D eigenvalue weighted by Gasteiger charge is -2.33. The van der Waals surface area contributed by atoms with Crippen molar-refractivity contribution in [3.8, 4) is 5.75 Å². The number of thiophene rings is 1. The van der Waals surface area contributed by atoms with Crippen LogP contribution in [0.4, 0.5) is 4.39 Å². The van der Waals surface area contributed by atoms with Gasteiger partial charge >= 0.3 is 0 Å². The molecule has 7 heteroatoms. The van der Waals surface area contributed by atoms with Crippen LogP contribution in [0.3, 0.4) is 0 Å². The van der Waals surface area contributed by atoms with Crippen LogP contribution in [0.5, 0.6) is 5.75 Å². The van der Waals surface area contributed by atoms with E-state index in [1.54, 1.807) is 37.4 Å². The number of halogens is 1. The Morgan fingerprint density at radius 1 is 1.06 bits per heavy atom. The predicted molar refractivity (Wildman–Crippen MR) is 131 cm³/mol. The van der Waals surface area contributed by atoms with Crippen LogP contribution in [0.15, 0.2) is 66.0 Å². The molecule has 3 aromatic rings. The third kappa shape index (κ3) is 5.47. The lowest BCUT2D eigenvalue weighted by atomic mass is 9.94. The first-order chi connectivity index (χ1) is 16.6. The molecule has 1 aromatic heterocycles. The van der Waals surface area contributed by atoms with Gasteiger partial charge in [0.25, 0.3) is 5.91 Å². The largest absolute Gasteiger partial charge is 0.496 e. The van der Waals surface area contributed by atoms with E-state index in [0.717, 1.165) is 37.7 Å². The molecule has 0 unspecified atom stereocenters. The van der Waals surface area contributed by atoms with Crippen molar-refractivity contribution in [3.63, 3.8) is 0 Å². The summed E-state index contributed by atoms with van der Waals surface area (Å²) in [6, 6.07) is 16.0. The summed E-state index contributed by atoms with van der Waals surface area (Å²) < 4.78 is 20.6. The zero-order chi connectivity index (χ0) is 23.9. The molecule has 1 N–H and O–H groups in total. The average molecular weight is 481 g/mol. The van der Waals surface area contributed by atoms with Crippen molar-refractivity contribution < 1.29 is 18.7 Å². The first-order valence-corrected chi connectivity index (χ1v) is 12.5. The summed E-state index contributed by atoms with van der Waals surface area (Å²) in [7, 11) is 1.56. The number of benzene rings is 2. The number of carbonyl (C=O) groups excluding carboxylic acids is 2. The summed E-state index contributed by atoms with van der Waals surface area (Å²) in [6.45, 7) is 0.0951. The van der Waals surface area contributed by atoms with E-state index < -0.39 is 11.9 Å². The summed E-state index contributed by atoms with van der Waals surface area (Å²) in [4.78, 5) is 29.4. The number of hydrogen-bond donors (Lipinski definition) is 1. The van der Waals surface area contributed by atoms with Crippen LogP contribution in [0.2, 0.25) is 0 Å². The smallest absolute Gasteiger partial charge is 0.265 e. The van der Waals surface area contributed by atoms with Crippen molar-refractivity contribution in [3.05, 3.63) is 87.9 Å². The number of hydrogen-bond acceptors (Lipinski definition) is 4.